The second kappa shape index (κ2) is 15.7. The van der Waals surface area contributed by atoms with Gasteiger partial charge in [-0.05, 0) is 50.7 Å². The van der Waals surface area contributed by atoms with Crippen LogP contribution in [0.4, 0.5) is 5.69 Å². The summed E-state index contributed by atoms with van der Waals surface area (Å²) in [6.45, 7) is 9.51. The van der Waals surface area contributed by atoms with Crippen molar-refractivity contribution in [1.29, 1.82) is 0 Å². The SMILES string of the molecule is CC.CC(=O)O.CCc1nc(/C(N)=C(\COc2ncnc(C3CCC3)n2)N(C)N)ccc1N1CCCCC1. The number of hydrogen-bond donors (Lipinski definition) is 3. The van der Waals surface area contributed by atoms with Crippen LogP contribution in [0, 0.1) is 0 Å². The van der Waals surface area contributed by atoms with Crippen LogP contribution < -0.4 is 21.2 Å². The zero-order valence-corrected chi connectivity index (χ0v) is 23.5. The summed E-state index contributed by atoms with van der Waals surface area (Å²) in [6.07, 6.45) is 9.55. The molecular formula is C27H44N8O3. The maximum atomic E-state index is 9.00. The molecule has 0 radical (unpaired) electrons. The van der Waals surface area contributed by atoms with Gasteiger partial charge in [0.15, 0.2) is 0 Å². The average molecular weight is 529 g/mol. The third kappa shape index (κ3) is 8.83. The van der Waals surface area contributed by atoms with Gasteiger partial charge in [-0.3, -0.25) is 4.79 Å². The van der Waals surface area contributed by atoms with Crippen LogP contribution in [0.2, 0.25) is 0 Å². The molecule has 1 aliphatic carbocycles. The lowest BCUT2D eigenvalue weighted by Crippen LogP contribution is -2.32. The van der Waals surface area contributed by atoms with Crippen molar-refractivity contribution in [2.45, 2.75) is 78.6 Å². The fourth-order valence-electron chi connectivity index (χ4n) is 4.20. The zero-order chi connectivity index (χ0) is 28.1. The number of aliphatic carboxylic acids is 1. The first kappa shape index (κ1) is 30.8. The maximum absolute atomic E-state index is 9.00. The molecule has 0 aromatic carbocycles. The number of likely N-dealkylation sites (N-methyl/N-ethyl adjacent to an activating group) is 1. The zero-order valence-electron chi connectivity index (χ0n) is 23.5. The molecule has 11 heteroatoms. The molecular weight excluding hydrogens is 484 g/mol. The van der Waals surface area contributed by atoms with Crippen LogP contribution in [0.1, 0.15) is 89.4 Å². The molecule has 11 nitrogen and oxygen atoms in total. The van der Waals surface area contributed by atoms with E-state index in [1.165, 1.54) is 42.7 Å². The predicted molar refractivity (Wildman–Crippen MR) is 149 cm³/mol. The predicted octanol–water partition coefficient (Wildman–Crippen LogP) is 3.72. The number of aromatic nitrogens is 4. The van der Waals surface area contributed by atoms with Crippen molar-refractivity contribution >= 4 is 17.4 Å². The number of nitrogens with two attached hydrogens (primary N) is 2. The van der Waals surface area contributed by atoms with Crippen LogP contribution in [-0.4, -0.2) is 62.8 Å². The molecule has 0 amide bonds. The van der Waals surface area contributed by atoms with E-state index in [9.17, 15) is 0 Å². The van der Waals surface area contributed by atoms with Crippen molar-refractivity contribution in [3.8, 4) is 6.01 Å². The fraction of sp³-hybridized carbons (Fsp3) is 0.593. The topological polar surface area (TPSA) is 157 Å². The second-order valence-corrected chi connectivity index (χ2v) is 9.10. The second-order valence-electron chi connectivity index (χ2n) is 9.10. The van der Waals surface area contributed by atoms with E-state index in [2.05, 4.69) is 32.8 Å². The van der Waals surface area contributed by atoms with E-state index in [0.29, 0.717) is 23.0 Å². The van der Waals surface area contributed by atoms with Gasteiger partial charge in [0.05, 0.1) is 28.5 Å². The summed E-state index contributed by atoms with van der Waals surface area (Å²) >= 11 is 0. The normalized spacial score (nSPS) is 15.6. The molecule has 2 aromatic heterocycles. The summed E-state index contributed by atoms with van der Waals surface area (Å²) in [5.41, 5.74) is 10.6. The molecule has 1 saturated carbocycles. The molecule has 3 heterocycles. The van der Waals surface area contributed by atoms with Crippen molar-refractivity contribution in [3.63, 3.8) is 0 Å². The molecule has 210 valence electrons. The van der Waals surface area contributed by atoms with Gasteiger partial charge >= 0.3 is 6.01 Å². The minimum absolute atomic E-state index is 0.143. The first-order valence-corrected chi connectivity index (χ1v) is 13.5. The number of rotatable bonds is 8. The van der Waals surface area contributed by atoms with Gasteiger partial charge in [0.25, 0.3) is 5.97 Å². The highest BCUT2D eigenvalue weighted by Gasteiger charge is 2.23. The molecule has 2 fully saturated rings. The first-order chi connectivity index (χ1) is 18.3. The number of pyridine rings is 1. The maximum Gasteiger partial charge on any atom is 0.320 e. The number of piperidine rings is 1. The Kier molecular flexibility index (Phi) is 12.7. The summed E-state index contributed by atoms with van der Waals surface area (Å²) < 4.78 is 5.85. The van der Waals surface area contributed by atoms with Crippen molar-refractivity contribution < 1.29 is 14.6 Å². The van der Waals surface area contributed by atoms with Crippen molar-refractivity contribution in [3.05, 3.63) is 41.4 Å². The number of hydrogen-bond acceptors (Lipinski definition) is 10. The van der Waals surface area contributed by atoms with Crippen LogP contribution in [0.15, 0.2) is 24.2 Å². The highest BCUT2D eigenvalue weighted by atomic mass is 16.5. The van der Waals surface area contributed by atoms with E-state index in [0.717, 1.165) is 50.8 Å². The third-order valence-electron chi connectivity index (χ3n) is 6.37. The number of hydrazine groups is 1. The van der Waals surface area contributed by atoms with Crippen molar-refractivity contribution in [1.82, 2.24) is 24.9 Å². The Labute approximate surface area is 226 Å². The number of nitrogens with zero attached hydrogens (tertiary/aromatic N) is 6. The van der Waals surface area contributed by atoms with E-state index in [1.807, 2.05) is 19.9 Å². The minimum atomic E-state index is -0.833. The van der Waals surface area contributed by atoms with E-state index >= 15 is 0 Å². The van der Waals surface area contributed by atoms with Crippen molar-refractivity contribution in [2.24, 2.45) is 11.6 Å². The Hall–Kier alpha value is -3.47. The molecule has 0 spiro atoms. The van der Waals surface area contributed by atoms with E-state index < -0.39 is 5.97 Å². The van der Waals surface area contributed by atoms with Gasteiger partial charge in [0, 0.05) is 33.0 Å². The van der Waals surface area contributed by atoms with Crippen LogP contribution in [-0.2, 0) is 11.2 Å². The molecule has 0 atom stereocenters. The quantitative estimate of drug-likeness (QED) is 0.339. The molecule has 2 aliphatic rings. The minimum Gasteiger partial charge on any atom is -0.481 e. The summed E-state index contributed by atoms with van der Waals surface area (Å²) in [5, 5.41) is 8.88. The number of carboxylic acid groups (broad SMARTS) is 1. The van der Waals surface area contributed by atoms with Gasteiger partial charge in [-0.25, -0.2) is 15.8 Å². The van der Waals surface area contributed by atoms with Gasteiger partial charge in [-0.15, -0.1) is 0 Å². The molecule has 1 aliphatic heterocycles. The van der Waals surface area contributed by atoms with E-state index in [-0.39, 0.29) is 12.6 Å². The van der Waals surface area contributed by atoms with Crippen molar-refractivity contribution in [2.75, 3.05) is 31.6 Å². The molecule has 0 unspecified atom stereocenters. The number of anilines is 1. The summed E-state index contributed by atoms with van der Waals surface area (Å²) in [4.78, 5) is 29.2. The summed E-state index contributed by atoms with van der Waals surface area (Å²) in [7, 11) is 1.74. The number of carbonyl (C=O) groups is 1. The summed E-state index contributed by atoms with van der Waals surface area (Å²) in [6, 6.07) is 4.39. The van der Waals surface area contributed by atoms with E-state index in [4.69, 9.17) is 31.2 Å². The Bertz CT molecular complexity index is 1050. The van der Waals surface area contributed by atoms with Gasteiger partial charge in [-0.1, -0.05) is 27.2 Å². The molecule has 2 aromatic rings. The van der Waals surface area contributed by atoms with Crippen LogP contribution in [0.25, 0.3) is 5.70 Å². The number of ether oxygens (including phenoxy) is 1. The highest BCUT2D eigenvalue weighted by Crippen LogP contribution is 2.34. The molecule has 5 N–H and O–H groups in total. The molecule has 1 saturated heterocycles. The Balaban J connectivity index is 0.000000773. The van der Waals surface area contributed by atoms with Crippen LogP contribution >= 0.6 is 0 Å². The lowest BCUT2D eigenvalue weighted by atomic mass is 9.85. The van der Waals surface area contributed by atoms with Gasteiger partial charge in [-0.2, -0.15) is 9.97 Å². The van der Waals surface area contributed by atoms with Gasteiger partial charge < -0.3 is 25.5 Å². The number of aryl methyl sites for hydroxylation is 1. The Morgan fingerprint density at radius 1 is 1.13 bits per heavy atom. The first-order valence-electron chi connectivity index (χ1n) is 13.5. The lowest BCUT2D eigenvalue weighted by molar-refractivity contribution is -0.134. The van der Waals surface area contributed by atoms with Gasteiger partial charge in [0.1, 0.15) is 18.8 Å². The lowest BCUT2D eigenvalue weighted by Gasteiger charge is -2.30. The van der Waals surface area contributed by atoms with E-state index in [1.54, 1.807) is 7.05 Å². The number of carboxylic acids is 1. The monoisotopic (exact) mass is 528 g/mol. The Morgan fingerprint density at radius 3 is 2.34 bits per heavy atom. The summed E-state index contributed by atoms with van der Waals surface area (Å²) in [5.74, 6) is 6.46. The standard InChI is InChI=1S/C23H34N8O.C2H4O2.C2H6/c1-3-17-19(31-12-5-4-6-13-31)11-10-18(28-17)21(24)20(30(2)25)14-32-23-27-15-26-22(29-23)16-8-7-9-16;1-2(3)4;1-2/h10-11,15-16H,3-9,12-14,24-25H2,1-2H3;1H3,(H,3,4);1-2H3/b21-20-;;. The molecule has 0 bridgehead atoms. The average Bonchev–Trinajstić information content (AvgIpc) is 2.89. The molecule has 38 heavy (non-hydrogen) atoms. The smallest absolute Gasteiger partial charge is 0.320 e. The largest absolute Gasteiger partial charge is 0.481 e. The highest BCUT2D eigenvalue weighted by molar-refractivity contribution is 5.65. The van der Waals surface area contributed by atoms with Gasteiger partial charge in [0.2, 0.25) is 0 Å². The molecule has 4 rings (SSSR count). The Morgan fingerprint density at radius 2 is 1.79 bits per heavy atom. The van der Waals surface area contributed by atoms with Crippen LogP contribution in [0.3, 0.4) is 0 Å². The van der Waals surface area contributed by atoms with Crippen LogP contribution in [0.5, 0.6) is 6.01 Å². The fourth-order valence-corrected chi connectivity index (χ4v) is 4.20. The third-order valence-corrected chi connectivity index (χ3v) is 6.37.